The van der Waals surface area contributed by atoms with Crippen LogP contribution in [0.25, 0.3) is 0 Å². The minimum atomic E-state index is 0.639. The van der Waals surface area contributed by atoms with E-state index in [1.54, 1.807) is 0 Å². The van der Waals surface area contributed by atoms with Crippen LogP contribution in [0.2, 0.25) is 0 Å². The van der Waals surface area contributed by atoms with E-state index in [-0.39, 0.29) is 0 Å². The van der Waals surface area contributed by atoms with Gasteiger partial charge in [-0.2, -0.15) is 0 Å². The SMILES string of the molecule is CCCCCCCCCCCN.Cc1ccc(CN)cc1. The molecule has 1 rings (SSSR count). The lowest BCUT2D eigenvalue weighted by atomic mass is 10.1. The molecule has 0 atom stereocenters. The van der Waals surface area contributed by atoms with Crippen molar-refractivity contribution in [3.8, 4) is 0 Å². The standard InChI is InChI=1S/C11H25N.C8H11N/c1-2-3-4-5-6-7-8-9-10-11-12;1-7-2-4-8(6-9)5-3-7/h2-12H2,1H3;2-5H,6,9H2,1H3. The van der Waals surface area contributed by atoms with Crippen molar-refractivity contribution in [3.63, 3.8) is 0 Å². The molecule has 0 aromatic heterocycles. The topological polar surface area (TPSA) is 52.0 Å². The number of nitrogens with two attached hydrogens (primary N) is 2. The van der Waals surface area contributed by atoms with Gasteiger partial charge in [0.1, 0.15) is 0 Å². The van der Waals surface area contributed by atoms with E-state index in [4.69, 9.17) is 11.5 Å². The van der Waals surface area contributed by atoms with Gasteiger partial charge in [0.2, 0.25) is 0 Å². The van der Waals surface area contributed by atoms with Gasteiger partial charge in [-0.25, -0.2) is 0 Å². The zero-order valence-corrected chi connectivity index (χ0v) is 14.2. The summed E-state index contributed by atoms with van der Waals surface area (Å²) in [6.45, 7) is 5.84. The lowest BCUT2D eigenvalue weighted by Crippen LogP contribution is -1.97. The molecular weight excluding hydrogens is 256 g/mol. The predicted molar refractivity (Wildman–Crippen MR) is 95.4 cm³/mol. The Hall–Kier alpha value is -0.860. The summed E-state index contributed by atoms with van der Waals surface area (Å²) in [5.41, 5.74) is 13.3. The quantitative estimate of drug-likeness (QED) is 0.601. The van der Waals surface area contributed by atoms with E-state index in [0.29, 0.717) is 6.54 Å². The highest BCUT2D eigenvalue weighted by atomic mass is 14.5. The first-order valence-corrected chi connectivity index (χ1v) is 8.70. The van der Waals surface area contributed by atoms with Gasteiger partial charge in [0.05, 0.1) is 0 Å². The van der Waals surface area contributed by atoms with Gasteiger partial charge in [-0.05, 0) is 25.5 Å². The second-order valence-electron chi connectivity index (χ2n) is 5.81. The summed E-state index contributed by atoms with van der Waals surface area (Å²) >= 11 is 0. The smallest absolute Gasteiger partial charge is 0.0178 e. The monoisotopic (exact) mass is 292 g/mol. The van der Waals surface area contributed by atoms with Crippen LogP contribution >= 0.6 is 0 Å². The number of rotatable bonds is 10. The molecule has 1 aromatic carbocycles. The molecule has 4 N–H and O–H groups in total. The summed E-state index contributed by atoms with van der Waals surface area (Å²) < 4.78 is 0. The summed E-state index contributed by atoms with van der Waals surface area (Å²) in [6, 6.07) is 8.25. The fourth-order valence-corrected chi connectivity index (χ4v) is 2.18. The molecule has 0 radical (unpaired) electrons. The molecule has 0 saturated heterocycles. The van der Waals surface area contributed by atoms with E-state index >= 15 is 0 Å². The molecular formula is C19H36N2. The number of hydrogen-bond acceptors (Lipinski definition) is 2. The highest BCUT2D eigenvalue weighted by Crippen LogP contribution is 2.08. The van der Waals surface area contributed by atoms with Crippen LogP contribution < -0.4 is 11.5 Å². The van der Waals surface area contributed by atoms with Crippen LogP contribution in [0.5, 0.6) is 0 Å². The molecule has 0 heterocycles. The van der Waals surface area contributed by atoms with E-state index < -0.39 is 0 Å². The van der Waals surface area contributed by atoms with Gasteiger partial charge >= 0.3 is 0 Å². The van der Waals surface area contributed by atoms with Crippen molar-refractivity contribution in [2.45, 2.75) is 78.2 Å². The molecule has 0 amide bonds. The van der Waals surface area contributed by atoms with Gasteiger partial charge in [0.15, 0.2) is 0 Å². The average Bonchev–Trinajstić information content (AvgIpc) is 2.51. The Labute approximate surface area is 132 Å². The molecule has 0 spiro atoms. The van der Waals surface area contributed by atoms with Gasteiger partial charge in [-0.15, -0.1) is 0 Å². The van der Waals surface area contributed by atoms with E-state index in [2.05, 4.69) is 38.1 Å². The number of benzene rings is 1. The Morgan fingerprint density at radius 2 is 1.19 bits per heavy atom. The van der Waals surface area contributed by atoms with Gasteiger partial charge in [-0.3, -0.25) is 0 Å². The second-order valence-corrected chi connectivity index (χ2v) is 5.81. The minimum Gasteiger partial charge on any atom is -0.330 e. The fourth-order valence-electron chi connectivity index (χ4n) is 2.18. The van der Waals surface area contributed by atoms with Crippen molar-refractivity contribution in [2.24, 2.45) is 11.5 Å². The van der Waals surface area contributed by atoms with Crippen LogP contribution in [-0.2, 0) is 6.54 Å². The summed E-state index contributed by atoms with van der Waals surface area (Å²) in [5, 5.41) is 0. The molecule has 122 valence electrons. The third kappa shape index (κ3) is 13.9. The van der Waals surface area contributed by atoms with Gasteiger partial charge in [0.25, 0.3) is 0 Å². The number of aryl methyl sites for hydroxylation is 1. The van der Waals surface area contributed by atoms with Crippen LogP contribution in [0.3, 0.4) is 0 Å². The average molecular weight is 293 g/mol. The Morgan fingerprint density at radius 3 is 1.62 bits per heavy atom. The first-order valence-electron chi connectivity index (χ1n) is 8.70. The predicted octanol–water partition coefficient (Wildman–Crippen LogP) is 4.93. The Balaban J connectivity index is 0.000000394. The number of hydrogen-bond donors (Lipinski definition) is 2. The highest BCUT2D eigenvalue weighted by molar-refractivity contribution is 5.20. The van der Waals surface area contributed by atoms with Crippen molar-refractivity contribution >= 4 is 0 Å². The van der Waals surface area contributed by atoms with E-state index in [1.807, 2.05) is 0 Å². The van der Waals surface area contributed by atoms with Crippen molar-refractivity contribution < 1.29 is 0 Å². The van der Waals surface area contributed by atoms with Crippen molar-refractivity contribution in [1.29, 1.82) is 0 Å². The van der Waals surface area contributed by atoms with E-state index in [9.17, 15) is 0 Å². The summed E-state index contributed by atoms with van der Waals surface area (Å²) in [7, 11) is 0. The zero-order chi connectivity index (χ0) is 15.8. The molecule has 0 saturated carbocycles. The largest absolute Gasteiger partial charge is 0.330 e. The molecule has 0 aliphatic carbocycles. The van der Waals surface area contributed by atoms with Gasteiger partial charge in [-0.1, -0.05) is 88.1 Å². The first-order chi connectivity index (χ1) is 10.2. The first kappa shape index (κ1) is 20.1. The maximum Gasteiger partial charge on any atom is 0.0178 e. The Morgan fingerprint density at radius 1 is 0.714 bits per heavy atom. The van der Waals surface area contributed by atoms with Crippen molar-refractivity contribution in [2.75, 3.05) is 6.54 Å². The Bertz CT molecular complexity index is 296. The van der Waals surface area contributed by atoms with E-state index in [0.717, 1.165) is 6.54 Å². The molecule has 0 unspecified atom stereocenters. The second kappa shape index (κ2) is 15.5. The van der Waals surface area contributed by atoms with E-state index in [1.165, 1.54) is 68.9 Å². The van der Waals surface area contributed by atoms with Crippen LogP contribution in [0.15, 0.2) is 24.3 Å². The molecule has 0 aliphatic rings. The van der Waals surface area contributed by atoms with Crippen molar-refractivity contribution in [3.05, 3.63) is 35.4 Å². The molecule has 0 aliphatic heterocycles. The summed E-state index contributed by atoms with van der Waals surface area (Å²) in [5.74, 6) is 0. The third-order valence-corrected chi connectivity index (χ3v) is 3.66. The summed E-state index contributed by atoms with van der Waals surface area (Å²) in [6.07, 6.45) is 12.5. The minimum absolute atomic E-state index is 0.639. The van der Waals surface area contributed by atoms with Gasteiger partial charge < -0.3 is 11.5 Å². The summed E-state index contributed by atoms with van der Waals surface area (Å²) in [4.78, 5) is 0. The van der Waals surface area contributed by atoms with Crippen molar-refractivity contribution in [1.82, 2.24) is 0 Å². The zero-order valence-electron chi connectivity index (χ0n) is 14.2. The Kier molecular flexibility index (Phi) is 14.9. The lowest BCUT2D eigenvalue weighted by Gasteiger charge is -1.99. The van der Waals surface area contributed by atoms with Crippen LogP contribution in [0.1, 0.15) is 75.8 Å². The van der Waals surface area contributed by atoms with Crippen LogP contribution in [0.4, 0.5) is 0 Å². The maximum absolute atomic E-state index is 5.41. The molecule has 0 fully saturated rings. The molecule has 0 bridgehead atoms. The molecule has 1 aromatic rings. The van der Waals surface area contributed by atoms with Crippen LogP contribution in [-0.4, -0.2) is 6.54 Å². The van der Waals surface area contributed by atoms with Gasteiger partial charge in [0, 0.05) is 6.54 Å². The number of unbranched alkanes of at least 4 members (excludes halogenated alkanes) is 8. The normalized spacial score (nSPS) is 10.1. The molecule has 2 nitrogen and oxygen atoms in total. The fraction of sp³-hybridized carbons (Fsp3) is 0.684. The maximum atomic E-state index is 5.41. The molecule has 2 heteroatoms. The van der Waals surface area contributed by atoms with Crippen LogP contribution in [0, 0.1) is 6.92 Å². The highest BCUT2D eigenvalue weighted by Gasteiger charge is 1.90. The lowest BCUT2D eigenvalue weighted by molar-refractivity contribution is 0.567. The third-order valence-electron chi connectivity index (χ3n) is 3.66. The molecule has 21 heavy (non-hydrogen) atoms.